The maximum absolute atomic E-state index is 5.94. The lowest BCUT2D eigenvalue weighted by Gasteiger charge is -2.21. The number of rotatable bonds is 6. The van der Waals surface area contributed by atoms with Crippen molar-refractivity contribution in [2.45, 2.75) is 20.0 Å². The van der Waals surface area contributed by atoms with Gasteiger partial charge in [-0.1, -0.05) is 11.6 Å². The Hall–Kier alpha value is -2.14. The van der Waals surface area contributed by atoms with Crippen molar-refractivity contribution in [1.29, 1.82) is 0 Å². The van der Waals surface area contributed by atoms with Crippen molar-refractivity contribution >= 4 is 41.5 Å². The molecule has 0 atom stereocenters. The van der Waals surface area contributed by atoms with Gasteiger partial charge in [-0.05, 0) is 31.2 Å². The van der Waals surface area contributed by atoms with Gasteiger partial charge < -0.3 is 10.2 Å². The first kappa shape index (κ1) is 22.2. The average Bonchev–Trinajstić information content (AvgIpc) is 3.29. The molecule has 0 saturated carbocycles. The van der Waals surface area contributed by atoms with Crippen molar-refractivity contribution < 1.29 is 0 Å². The summed E-state index contributed by atoms with van der Waals surface area (Å²) in [6.45, 7) is 3.97. The predicted molar refractivity (Wildman–Crippen MR) is 121 cm³/mol. The SMILES string of the molecule is CCNC(=NCc1cnn(-c2ccc(Cl)cc2)c1)N(C)Cc1ncnn1C.I. The van der Waals surface area contributed by atoms with Crippen LogP contribution in [-0.2, 0) is 20.1 Å². The number of nitrogens with zero attached hydrogens (tertiary/aromatic N) is 7. The van der Waals surface area contributed by atoms with Crippen molar-refractivity contribution in [3.05, 3.63) is 59.4 Å². The van der Waals surface area contributed by atoms with E-state index in [0.717, 1.165) is 29.6 Å². The maximum Gasteiger partial charge on any atom is 0.194 e. The molecule has 0 amide bonds. The Morgan fingerprint density at radius 2 is 2.00 bits per heavy atom. The summed E-state index contributed by atoms with van der Waals surface area (Å²) in [5, 5.41) is 12.5. The molecule has 3 rings (SSSR count). The fourth-order valence-corrected chi connectivity index (χ4v) is 2.69. The van der Waals surface area contributed by atoms with Gasteiger partial charge in [0.1, 0.15) is 12.2 Å². The standard InChI is InChI=1S/C18H23ClN8.HI/c1-4-20-18(25(2)12-17-22-13-24-26(17)3)21-9-14-10-23-27(11-14)16-7-5-15(19)6-8-16;/h5-8,10-11,13H,4,9,12H2,1-3H3,(H,20,21);1H. The summed E-state index contributed by atoms with van der Waals surface area (Å²) in [6, 6.07) is 7.56. The number of aromatic nitrogens is 5. The lowest BCUT2D eigenvalue weighted by Crippen LogP contribution is -2.39. The van der Waals surface area contributed by atoms with Crippen LogP contribution in [0.2, 0.25) is 5.02 Å². The predicted octanol–water partition coefficient (Wildman–Crippen LogP) is 2.87. The van der Waals surface area contributed by atoms with Crippen LogP contribution in [0.4, 0.5) is 0 Å². The minimum atomic E-state index is 0. The summed E-state index contributed by atoms with van der Waals surface area (Å²) < 4.78 is 3.58. The lowest BCUT2D eigenvalue weighted by molar-refractivity contribution is 0.448. The Balaban J connectivity index is 0.00000280. The molecule has 2 aromatic heterocycles. The van der Waals surface area contributed by atoms with E-state index < -0.39 is 0 Å². The van der Waals surface area contributed by atoms with Gasteiger partial charge in [0, 0.05) is 37.4 Å². The second-order valence-electron chi connectivity index (χ2n) is 6.10. The quantitative estimate of drug-likeness (QED) is 0.311. The van der Waals surface area contributed by atoms with Gasteiger partial charge in [0.15, 0.2) is 5.96 Å². The molecular formula is C18H24ClIN8. The number of nitrogens with one attached hydrogen (secondary N) is 1. The van der Waals surface area contributed by atoms with E-state index in [9.17, 15) is 0 Å². The normalized spacial score (nSPS) is 11.2. The van der Waals surface area contributed by atoms with Crippen molar-refractivity contribution in [1.82, 2.24) is 34.8 Å². The highest BCUT2D eigenvalue weighted by atomic mass is 127. The molecule has 28 heavy (non-hydrogen) atoms. The highest BCUT2D eigenvalue weighted by Crippen LogP contribution is 2.13. The van der Waals surface area contributed by atoms with Gasteiger partial charge in [-0.25, -0.2) is 14.7 Å². The monoisotopic (exact) mass is 514 g/mol. The van der Waals surface area contributed by atoms with Gasteiger partial charge in [0.05, 0.1) is 25.0 Å². The van der Waals surface area contributed by atoms with Gasteiger partial charge in [-0.3, -0.25) is 4.68 Å². The van der Waals surface area contributed by atoms with E-state index in [-0.39, 0.29) is 24.0 Å². The third-order valence-electron chi connectivity index (χ3n) is 4.02. The third-order valence-corrected chi connectivity index (χ3v) is 4.27. The molecule has 0 fully saturated rings. The molecule has 0 aliphatic rings. The summed E-state index contributed by atoms with van der Waals surface area (Å²) >= 11 is 5.94. The molecule has 0 saturated heterocycles. The zero-order chi connectivity index (χ0) is 19.2. The Morgan fingerprint density at radius 3 is 2.64 bits per heavy atom. The number of aliphatic imine (C=N–C) groups is 1. The van der Waals surface area contributed by atoms with Crippen LogP contribution in [0, 0.1) is 0 Å². The number of aryl methyl sites for hydroxylation is 1. The Labute approximate surface area is 186 Å². The van der Waals surface area contributed by atoms with Crippen molar-refractivity contribution in [3.63, 3.8) is 0 Å². The fraction of sp³-hybridized carbons (Fsp3) is 0.333. The minimum absolute atomic E-state index is 0. The van der Waals surface area contributed by atoms with E-state index in [4.69, 9.17) is 16.6 Å². The molecule has 3 aromatic rings. The molecule has 1 aromatic carbocycles. The lowest BCUT2D eigenvalue weighted by atomic mass is 10.3. The Morgan fingerprint density at radius 1 is 1.25 bits per heavy atom. The van der Waals surface area contributed by atoms with Crippen LogP contribution in [0.25, 0.3) is 5.69 Å². The topological polar surface area (TPSA) is 76.2 Å². The molecule has 150 valence electrons. The number of hydrogen-bond acceptors (Lipinski definition) is 4. The number of halogens is 2. The van der Waals surface area contributed by atoms with Crippen LogP contribution < -0.4 is 5.32 Å². The minimum Gasteiger partial charge on any atom is -0.357 e. The smallest absolute Gasteiger partial charge is 0.194 e. The molecule has 0 aliphatic heterocycles. The van der Waals surface area contributed by atoms with Crippen LogP contribution in [0.15, 0.2) is 48.0 Å². The molecule has 0 aliphatic carbocycles. The average molecular weight is 515 g/mol. The van der Waals surface area contributed by atoms with Crippen molar-refractivity contribution in [3.8, 4) is 5.69 Å². The zero-order valence-electron chi connectivity index (χ0n) is 16.1. The molecule has 2 heterocycles. The van der Waals surface area contributed by atoms with Crippen LogP contribution in [-0.4, -0.2) is 49.0 Å². The van der Waals surface area contributed by atoms with E-state index in [1.165, 1.54) is 0 Å². The number of hydrogen-bond donors (Lipinski definition) is 1. The van der Waals surface area contributed by atoms with E-state index in [1.807, 2.05) is 67.3 Å². The first-order valence-electron chi connectivity index (χ1n) is 8.68. The molecule has 0 unspecified atom stereocenters. The summed E-state index contributed by atoms with van der Waals surface area (Å²) in [7, 11) is 3.86. The van der Waals surface area contributed by atoms with Crippen LogP contribution >= 0.6 is 35.6 Å². The fourth-order valence-electron chi connectivity index (χ4n) is 2.56. The highest BCUT2D eigenvalue weighted by molar-refractivity contribution is 14.0. The highest BCUT2D eigenvalue weighted by Gasteiger charge is 2.10. The molecule has 0 spiro atoms. The van der Waals surface area contributed by atoms with E-state index >= 15 is 0 Å². The van der Waals surface area contributed by atoms with Crippen molar-refractivity contribution in [2.75, 3.05) is 13.6 Å². The van der Waals surface area contributed by atoms with Gasteiger partial charge in [-0.2, -0.15) is 10.2 Å². The second kappa shape index (κ2) is 10.4. The summed E-state index contributed by atoms with van der Waals surface area (Å²) in [4.78, 5) is 11.0. The number of benzene rings is 1. The van der Waals surface area contributed by atoms with Crippen LogP contribution in [0.3, 0.4) is 0 Å². The Kier molecular flexibility index (Phi) is 8.24. The van der Waals surface area contributed by atoms with Gasteiger partial charge in [0.2, 0.25) is 0 Å². The molecule has 0 bridgehead atoms. The van der Waals surface area contributed by atoms with E-state index in [2.05, 4.69) is 20.5 Å². The Bertz CT molecular complexity index is 902. The summed E-state index contributed by atoms with van der Waals surface area (Å²) in [6.07, 6.45) is 5.35. The van der Waals surface area contributed by atoms with Crippen LogP contribution in [0.5, 0.6) is 0 Å². The van der Waals surface area contributed by atoms with Gasteiger partial charge in [-0.15, -0.1) is 24.0 Å². The molecule has 1 N–H and O–H groups in total. The molecular weight excluding hydrogens is 491 g/mol. The number of guanidine groups is 1. The third kappa shape index (κ3) is 5.68. The zero-order valence-corrected chi connectivity index (χ0v) is 19.2. The van der Waals surface area contributed by atoms with Gasteiger partial charge >= 0.3 is 0 Å². The van der Waals surface area contributed by atoms with Gasteiger partial charge in [0.25, 0.3) is 0 Å². The molecule has 0 radical (unpaired) electrons. The largest absolute Gasteiger partial charge is 0.357 e. The first-order chi connectivity index (χ1) is 13.1. The van der Waals surface area contributed by atoms with Crippen LogP contribution in [0.1, 0.15) is 18.3 Å². The second-order valence-corrected chi connectivity index (χ2v) is 6.53. The van der Waals surface area contributed by atoms with E-state index in [1.54, 1.807) is 11.0 Å². The van der Waals surface area contributed by atoms with E-state index in [0.29, 0.717) is 18.1 Å². The summed E-state index contributed by atoms with van der Waals surface area (Å²) in [5.74, 6) is 1.68. The maximum atomic E-state index is 5.94. The first-order valence-corrected chi connectivity index (χ1v) is 9.06. The summed E-state index contributed by atoms with van der Waals surface area (Å²) in [5.41, 5.74) is 1.98. The molecule has 10 heteroatoms. The molecule has 8 nitrogen and oxygen atoms in total. The van der Waals surface area contributed by atoms with Crippen molar-refractivity contribution in [2.24, 2.45) is 12.0 Å².